The fourth-order valence-electron chi connectivity index (χ4n) is 3.14. The van der Waals surface area contributed by atoms with Crippen molar-refractivity contribution in [3.63, 3.8) is 0 Å². The number of aryl methyl sites for hydroxylation is 1. The standard InChI is InChI=1S/C19H21N5O2/c1-13-10-18(24(23-13)12-14-6-3-2-4-7-14)20-19(25)16-11-15(21-22-16)17-8-5-9-26-17/h2-10,15-16,21-22H,11-12H2,1H3,(H,20,25). The monoisotopic (exact) mass is 351 g/mol. The molecule has 0 radical (unpaired) electrons. The van der Waals surface area contributed by atoms with Crippen LogP contribution in [0.2, 0.25) is 0 Å². The Morgan fingerprint density at radius 1 is 1.27 bits per heavy atom. The summed E-state index contributed by atoms with van der Waals surface area (Å²) in [7, 11) is 0. The molecule has 0 spiro atoms. The van der Waals surface area contributed by atoms with Crippen molar-refractivity contribution in [1.29, 1.82) is 0 Å². The lowest BCUT2D eigenvalue weighted by Crippen LogP contribution is -2.40. The van der Waals surface area contributed by atoms with E-state index in [0.29, 0.717) is 18.8 Å². The van der Waals surface area contributed by atoms with E-state index in [2.05, 4.69) is 21.3 Å². The van der Waals surface area contributed by atoms with Crippen LogP contribution in [0, 0.1) is 6.92 Å². The fraction of sp³-hybridized carbons (Fsp3) is 0.263. The molecular formula is C19H21N5O2. The van der Waals surface area contributed by atoms with Crippen LogP contribution in [0.1, 0.15) is 29.5 Å². The molecule has 2 aromatic heterocycles. The lowest BCUT2D eigenvalue weighted by Gasteiger charge is -2.12. The Morgan fingerprint density at radius 2 is 2.12 bits per heavy atom. The van der Waals surface area contributed by atoms with Crippen molar-refractivity contribution in [2.75, 3.05) is 5.32 Å². The molecule has 7 nitrogen and oxygen atoms in total. The molecule has 3 N–H and O–H groups in total. The van der Waals surface area contributed by atoms with Crippen molar-refractivity contribution in [3.8, 4) is 0 Å². The lowest BCUT2D eigenvalue weighted by atomic mass is 10.1. The number of anilines is 1. The first kappa shape index (κ1) is 16.6. The first-order chi connectivity index (χ1) is 12.7. The van der Waals surface area contributed by atoms with E-state index in [4.69, 9.17) is 4.42 Å². The van der Waals surface area contributed by atoms with Crippen molar-refractivity contribution >= 4 is 11.7 Å². The second-order valence-electron chi connectivity index (χ2n) is 6.45. The largest absolute Gasteiger partial charge is 0.468 e. The summed E-state index contributed by atoms with van der Waals surface area (Å²) in [6, 6.07) is 15.3. The van der Waals surface area contributed by atoms with E-state index < -0.39 is 0 Å². The molecular weight excluding hydrogens is 330 g/mol. The van der Waals surface area contributed by atoms with Crippen LogP contribution in [0.15, 0.2) is 59.2 Å². The number of hydrogen-bond acceptors (Lipinski definition) is 5. The van der Waals surface area contributed by atoms with Crippen LogP contribution in [0.3, 0.4) is 0 Å². The summed E-state index contributed by atoms with van der Waals surface area (Å²) in [5.74, 6) is 1.41. The number of benzene rings is 1. The topological polar surface area (TPSA) is 84.1 Å². The van der Waals surface area contributed by atoms with E-state index in [-0.39, 0.29) is 18.0 Å². The maximum absolute atomic E-state index is 12.7. The maximum Gasteiger partial charge on any atom is 0.244 e. The molecule has 2 atom stereocenters. The molecule has 134 valence electrons. The summed E-state index contributed by atoms with van der Waals surface area (Å²) in [6.07, 6.45) is 2.25. The number of amides is 1. The molecule has 4 rings (SSSR count). The minimum Gasteiger partial charge on any atom is -0.468 e. The summed E-state index contributed by atoms with van der Waals surface area (Å²) in [5, 5.41) is 7.48. The van der Waals surface area contributed by atoms with Gasteiger partial charge in [0.2, 0.25) is 5.91 Å². The van der Waals surface area contributed by atoms with E-state index >= 15 is 0 Å². The SMILES string of the molecule is Cc1cc(NC(=O)C2CC(c3ccco3)NN2)n(Cc2ccccc2)n1. The molecule has 0 aliphatic carbocycles. The number of nitrogens with zero attached hydrogens (tertiary/aromatic N) is 2. The van der Waals surface area contributed by atoms with Crippen LogP contribution in [0.4, 0.5) is 5.82 Å². The van der Waals surface area contributed by atoms with Crippen LogP contribution in [0.25, 0.3) is 0 Å². The predicted molar refractivity (Wildman–Crippen MR) is 97.3 cm³/mol. The molecule has 1 aliphatic heterocycles. The molecule has 1 amide bonds. The molecule has 2 unspecified atom stereocenters. The Hall–Kier alpha value is -2.90. The third-order valence-electron chi connectivity index (χ3n) is 4.43. The highest BCUT2D eigenvalue weighted by atomic mass is 16.3. The maximum atomic E-state index is 12.7. The van der Waals surface area contributed by atoms with Gasteiger partial charge in [0.05, 0.1) is 24.5 Å². The van der Waals surface area contributed by atoms with Gasteiger partial charge in [0, 0.05) is 6.07 Å². The molecule has 1 fully saturated rings. The first-order valence-electron chi connectivity index (χ1n) is 8.63. The molecule has 1 aromatic carbocycles. The molecule has 1 saturated heterocycles. The number of carbonyl (C=O) groups is 1. The third kappa shape index (κ3) is 3.54. The second-order valence-corrected chi connectivity index (χ2v) is 6.45. The second kappa shape index (κ2) is 7.15. The Balaban J connectivity index is 1.43. The minimum atomic E-state index is -0.342. The number of furan rings is 1. The van der Waals surface area contributed by atoms with Gasteiger partial charge < -0.3 is 9.73 Å². The van der Waals surface area contributed by atoms with E-state index in [0.717, 1.165) is 17.0 Å². The molecule has 1 aliphatic rings. The predicted octanol–water partition coefficient (Wildman–Crippen LogP) is 2.38. The fourth-order valence-corrected chi connectivity index (χ4v) is 3.14. The van der Waals surface area contributed by atoms with Crippen molar-refractivity contribution in [2.45, 2.75) is 32.0 Å². The number of hydrazine groups is 1. The van der Waals surface area contributed by atoms with Gasteiger partial charge in [0.25, 0.3) is 0 Å². The summed E-state index contributed by atoms with van der Waals surface area (Å²) >= 11 is 0. The van der Waals surface area contributed by atoms with Crippen molar-refractivity contribution < 1.29 is 9.21 Å². The number of carbonyl (C=O) groups excluding carboxylic acids is 1. The Labute approximate surface area is 151 Å². The summed E-state index contributed by atoms with van der Waals surface area (Å²) < 4.78 is 7.22. The van der Waals surface area contributed by atoms with E-state index in [1.54, 1.807) is 6.26 Å². The number of rotatable bonds is 5. The number of nitrogens with one attached hydrogen (secondary N) is 3. The van der Waals surface area contributed by atoms with Crippen molar-refractivity contribution in [1.82, 2.24) is 20.6 Å². The van der Waals surface area contributed by atoms with Crippen molar-refractivity contribution in [2.24, 2.45) is 0 Å². The number of hydrogen-bond donors (Lipinski definition) is 3. The highest BCUT2D eigenvalue weighted by molar-refractivity contribution is 5.94. The zero-order valence-corrected chi connectivity index (χ0v) is 14.5. The Bertz CT molecular complexity index is 873. The lowest BCUT2D eigenvalue weighted by molar-refractivity contribution is -0.117. The van der Waals surface area contributed by atoms with Gasteiger partial charge in [-0.2, -0.15) is 5.10 Å². The smallest absolute Gasteiger partial charge is 0.244 e. The van der Waals surface area contributed by atoms with Crippen LogP contribution >= 0.6 is 0 Å². The van der Waals surface area contributed by atoms with Gasteiger partial charge in [-0.25, -0.2) is 15.5 Å². The molecule has 0 bridgehead atoms. The van der Waals surface area contributed by atoms with Gasteiger partial charge in [-0.3, -0.25) is 4.79 Å². The van der Waals surface area contributed by atoms with Gasteiger partial charge in [-0.05, 0) is 31.0 Å². The van der Waals surface area contributed by atoms with Gasteiger partial charge in [-0.15, -0.1) is 0 Å². The summed E-state index contributed by atoms with van der Waals surface area (Å²) in [6.45, 7) is 2.52. The minimum absolute atomic E-state index is 0.0169. The molecule has 0 saturated carbocycles. The van der Waals surface area contributed by atoms with Gasteiger partial charge in [0.15, 0.2) is 0 Å². The summed E-state index contributed by atoms with van der Waals surface area (Å²) in [4.78, 5) is 12.7. The first-order valence-corrected chi connectivity index (χ1v) is 8.63. The quantitative estimate of drug-likeness (QED) is 0.657. The van der Waals surface area contributed by atoms with Crippen molar-refractivity contribution in [3.05, 3.63) is 71.8 Å². The Kier molecular flexibility index (Phi) is 4.55. The van der Waals surface area contributed by atoms with Gasteiger partial charge in [-0.1, -0.05) is 30.3 Å². The van der Waals surface area contributed by atoms with Gasteiger partial charge in [0.1, 0.15) is 17.6 Å². The zero-order chi connectivity index (χ0) is 17.9. The van der Waals surface area contributed by atoms with Crippen LogP contribution in [-0.2, 0) is 11.3 Å². The van der Waals surface area contributed by atoms with Crippen LogP contribution in [-0.4, -0.2) is 21.7 Å². The van der Waals surface area contributed by atoms with Crippen LogP contribution in [0.5, 0.6) is 0 Å². The Morgan fingerprint density at radius 3 is 2.88 bits per heavy atom. The van der Waals surface area contributed by atoms with E-state index in [9.17, 15) is 4.79 Å². The van der Waals surface area contributed by atoms with E-state index in [1.807, 2.05) is 60.1 Å². The van der Waals surface area contributed by atoms with E-state index in [1.165, 1.54) is 0 Å². The van der Waals surface area contributed by atoms with Gasteiger partial charge >= 0.3 is 0 Å². The molecule has 26 heavy (non-hydrogen) atoms. The highest BCUT2D eigenvalue weighted by Crippen LogP contribution is 2.23. The third-order valence-corrected chi connectivity index (χ3v) is 4.43. The number of aromatic nitrogens is 2. The average Bonchev–Trinajstić information content (AvgIpc) is 3.37. The molecule has 7 heteroatoms. The zero-order valence-electron chi connectivity index (χ0n) is 14.5. The highest BCUT2D eigenvalue weighted by Gasteiger charge is 2.32. The molecule has 3 aromatic rings. The molecule has 3 heterocycles. The average molecular weight is 351 g/mol. The van der Waals surface area contributed by atoms with Crippen LogP contribution < -0.4 is 16.2 Å². The summed E-state index contributed by atoms with van der Waals surface area (Å²) in [5.41, 5.74) is 8.14. The normalized spacial score (nSPS) is 19.6.